The van der Waals surface area contributed by atoms with Crippen molar-refractivity contribution in [3.63, 3.8) is 0 Å². The summed E-state index contributed by atoms with van der Waals surface area (Å²) in [5.74, 6) is 0.412. The summed E-state index contributed by atoms with van der Waals surface area (Å²) in [4.78, 5) is 8.19. The van der Waals surface area contributed by atoms with Gasteiger partial charge in [-0.1, -0.05) is 0 Å². The summed E-state index contributed by atoms with van der Waals surface area (Å²) in [5.41, 5.74) is 1.57. The van der Waals surface area contributed by atoms with Gasteiger partial charge >= 0.3 is 0 Å². The van der Waals surface area contributed by atoms with Crippen LogP contribution in [-0.4, -0.2) is 15.1 Å². The van der Waals surface area contributed by atoms with E-state index in [9.17, 15) is 5.11 Å². The molecule has 4 aromatic rings. The monoisotopic (exact) mass is 252 g/mol. The molecule has 0 amide bonds. The topological polar surface area (TPSA) is 72.3 Å². The van der Waals surface area contributed by atoms with Crippen LogP contribution in [0.4, 0.5) is 0 Å². The molecule has 0 unspecified atom stereocenters. The Labute approximate surface area is 107 Å². The third-order valence-corrected chi connectivity index (χ3v) is 3.03. The second-order valence-electron chi connectivity index (χ2n) is 4.14. The Balaban J connectivity index is 2.07. The highest BCUT2D eigenvalue weighted by atomic mass is 16.4. The van der Waals surface area contributed by atoms with Crippen LogP contribution in [0, 0.1) is 0 Å². The first-order valence-corrected chi connectivity index (χ1v) is 5.73. The van der Waals surface area contributed by atoms with Gasteiger partial charge in [0.25, 0.3) is 0 Å². The normalized spacial score (nSPS) is 11.4. The Kier molecular flexibility index (Phi) is 1.91. The molecule has 0 radical (unpaired) electrons. The van der Waals surface area contributed by atoms with Crippen LogP contribution in [0.15, 0.2) is 51.8 Å². The van der Waals surface area contributed by atoms with E-state index in [-0.39, 0.29) is 5.75 Å². The van der Waals surface area contributed by atoms with Gasteiger partial charge in [0, 0.05) is 12.4 Å². The number of pyridine rings is 2. The molecule has 1 N–H and O–H groups in total. The summed E-state index contributed by atoms with van der Waals surface area (Å²) >= 11 is 0. The Morgan fingerprint density at radius 3 is 2.47 bits per heavy atom. The highest BCUT2D eigenvalue weighted by molar-refractivity contribution is 5.97. The number of nitrogens with zero attached hydrogens (tertiary/aromatic N) is 2. The minimum absolute atomic E-state index is 0.0645. The van der Waals surface area contributed by atoms with E-state index in [4.69, 9.17) is 8.83 Å². The predicted octanol–water partition coefficient (Wildman–Crippen LogP) is 3.34. The molecule has 5 nitrogen and oxygen atoms in total. The molecule has 0 spiro atoms. The van der Waals surface area contributed by atoms with Gasteiger partial charge in [-0.25, -0.2) is 9.97 Å². The smallest absolute Gasteiger partial charge is 0.230 e. The van der Waals surface area contributed by atoms with Crippen molar-refractivity contribution in [3.8, 4) is 17.1 Å². The minimum Gasteiger partial charge on any atom is -0.504 e. The third kappa shape index (κ3) is 1.35. The number of aromatic nitrogens is 2. The zero-order valence-electron chi connectivity index (χ0n) is 9.70. The summed E-state index contributed by atoms with van der Waals surface area (Å²) in [6, 6.07) is 7.17. The third-order valence-electron chi connectivity index (χ3n) is 3.03. The molecule has 4 heterocycles. The van der Waals surface area contributed by atoms with Crippen LogP contribution >= 0.6 is 0 Å². The lowest BCUT2D eigenvalue weighted by Crippen LogP contribution is -1.73. The lowest BCUT2D eigenvalue weighted by molar-refractivity contribution is 0.469. The van der Waals surface area contributed by atoms with Gasteiger partial charge in [-0.3, -0.25) is 0 Å². The molecule has 19 heavy (non-hydrogen) atoms. The zero-order chi connectivity index (χ0) is 12.8. The molecule has 0 saturated heterocycles. The molecule has 4 aromatic heterocycles. The van der Waals surface area contributed by atoms with Gasteiger partial charge < -0.3 is 13.9 Å². The molecule has 0 aliphatic rings. The van der Waals surface area contributed by atoms with Crippen molar-refractivity contribution in [2.75, 3.05) is 0 Å². The molecule has 0 aliphatic heterocycles. The van der Waals surface area contributed by atoms with Crippen LogP contribution < -0.4 is 0 Å². The lowest BCUT2D eigenvalue weighted by atomic mass is 10.1. The Morgan fingerprint density at radius 2 is 1.68 bits per heavy atom. The molecule has 0 fully saturated rings. The van der Waals surface area contributed by atoms with E-state index in [1.807, 2.05) is 6.07 Å². The first-order valence-electron chi connectivity index (χ1n) is 5.73. The van der Waals surface area contributed by atoms with Gasteiger partial charge in [0.1, 0.15) is 6.26 Å². The molecule has 0 saturated carbocycles. The van der Waals surface area contributed by atoms with Crippen LogP contribution in [0.1, 0.15) is 0 Å². The molecule has 0 aromatic carbocycles. The SMILES string of the molecule is Oc1c(-c2coc3ncccc23)oc2ncccc12. The maximum atomic E-state index is 10.2. The molecular formula is C14H8N2O3. The highest BCUT2D eigenvalue weighted by Gasteiger charge is 2.19. The molecule has 0 atom stereocenters. The van der Waals surface area contributed by atoms with Gasteiger partial charge in [0.15, 0.2) is 11.5 Å². The molecule has 0 aliphatic carbocycles. The van der Waals surface area contributed by atoms with Gasteiger partial charge in [0.2, 0.25) is 11.4 Å². The number of rotatable bonds is 1. The first-order chi connectivity index (χ1) is 9.34. The average Bonchev–Trinajstić information content (AvgIpc) is 3.01. The van der Waals surface area contributed by atoms with E-state index >= 15 is 0 Å². The van der Waals surface area contributed by atoms with Crippen molar-refractivity contribution >= 4 is 22.2 Å². The standard InChI is InChI=1S/C14H8N2O3/c17-11-9-4-2-6-16-14(9)19-12(11)10-7-18-13-8(10)3-1-5-15-13/h1-7,17H. The van der Waals surface area contributed by atoms with Crippen molar-refractivity contribution in [3.05, 3.63) is 42.9 Å². The number of fused-ring (bicyclic) bond motifs is 2. The number of hydrogen-bond acceptors (Lipinski definition) is 5. The van der Waals surface area contributed by atoms with Crippen molar-refractivity contribution in [2.45, 2.75) is 0 Å². The largest absolute Gasteiger partial charge is 0.504 e. The van der Waals surface area contributed by atoms with E-state index < -0.39 is 0 Å². The quantitative estimate of drug-likeness (QED) is 0.562. The average molecular weight is 252 g/mol. The van der Waals surface area contributed by atoms with E-state index in [1.54, 1.807) is 30.6 Å². The Bertz CT molecular complexity index is 892. The molecule has 0 bridgehead atoms. The van der Waals surface area contributed by atoms with Gasteiger partial charge in [-0.05, 0) is 24.3 Å². The molecule has 92 valence electrons. The Morgan fingerprint density at radius 1 is 0.947 bits per heavy atom. The van der Waals surface area contributed by atoms with Gasteiger partial charge in [-0.15, -0.1) is 0 Å². The minimum atomic E-state index is 0.0645. The Hall–Kier alpha value is -2.82. The van der Waals surface area contributed by atoms with E-state index in [0.717, 1.165) is 5.39 Å². The van der Waals surface area contributed by atoms with Crippen molar-refractivity contribution in [1.82, 2.24) is 9.97 Å². The molecule has 5 heteroatoms. The van der Waals surface area contributed by atoms with Crippen molar-refractivity contribution in [2.24, 2.45) is 0 Å². The fraction of sp³-hybridized carbons (Fsp3) is 0. The van der Waals surface area contributed by atoms with Crippen LogP contribution in [0.25, 0.3) is 33.5 Å². The summed E-state index contributed by atoms with van der Waals surface area (Å²) in [5, 5.41) is 11.6. The van der Waals surface area contributed by atoms with Crippen LogP contribution in [0.2, 0.25) is 0 Å². The van der Waals surface area contributed by atoms with Gasteiger partial charge in [-0.2, -0.15) is 0 Å². The summed E-state index contributed by atoms with van der Waals surface area (Å²) in [6.45, 7) is 0. The predicted molar refractivity (Wildman–Crippen MR) is 68.7 cm³/mol. The maximum absolute atomic E-state index is 10.2. The van der Waals surface area contributed by atoms with Crippen molar-refractivity contribution in [1.29, 1.82) is 0 Å². The van der Waals surface area contributed by atoms with Crippen LogP contribution in [0.5, 0.6) is 5.75 Å². The summed E-state index contributed by atoms with van der Waals surface area (Å²) < 4.78 is 11.0. The highest BCUT2D eigenvalue weighted by Crippen LogP contribution is 2.41. The fourth-order valence-electron chi connectivity index (χ4n) is 2.15. The number of aromatic hydroxyl groups is 1. The number of furan rings is 2. The lowest BCUT2D eigenvalue weighted by Gasteiger charge is -1.93. The first kappa shape index (κ1) is 10.1. The van der Waals surface area contributed by atoms with Crippen LogP contribution in [0.3, 0.4) is 0 Å². The summed E-state index contributed by atoms with van der Waals surface area (Å²) in [7, 11) is 0. The fourth-order valence-corrected chi connectivity index (χ4v) is 2.15. The molecule has 4 rings (SSSR count). The maximum Gasteiger partial charge on any atom is 0.230 e. The van der Waals surface area contributed by atoms with E-state index in [1.165, 1.54) is 6.26 Å². The van der Waals surface area contributed by atoms with Crippen LogP contribution in [-0.2, 0) is 0 Å². The second-order valence-corrected chi connectivity index (χ2v) is 4.14. The summed E-state index contributed by atoms with van der Waals surface area (Å²) in [6.07, 6.45) is 4.79. The number of hydrogen-bond donors (Lipinski definition) is 1. The van der Waals surface area contributed by atoms with E-state index in [0.29, 0.717) is 28.1 Å². The van der Waals surface area contributed by atoms with Crippen molar-refractivity contribution < 1.29 is 13.9 Å². The zero-order valence-corrected chi connectivity index (χ0v) is 9.70. The molecular weight excluding hydrogens is 244 g/mol. The van der Waals surface area contributed by atoms with E-state index in [2.05, 4.69) is 9.97 Å². The van der Waals surface area contributed by atoms with Gasteiger partial charge in [0.05, 0.1) is 16.3 Å². The second kappa shape index (κ2) is 3.58.